The molecule has 2 aromatic rings. The second kappa shape index (κ2) is 7.44. The van der Waals surface area contributed by atoms with E-state index in [9.17, 15) is 0 Å². The molecule has 0 saturated heterocycles. The van der Waals surface area contributed by atoms with E-state index in [2.05, 4.69) is 57.1 Å². The first kappa shape index (κ1) is 15.0. The van der Waals surface area contributed by atoms with Gasteiger partial charge in [0.15, 0.2) is 0 Å². The van der Waals surface area contributed by atoms with E-state index in [0.29, 0.717) is 0 Å². The Bertz CT molecular complexity index is 513. The topological polar surface area (TPSA) is 12.0 Å². The first-order valence-corrected chi connectivity index (χ1v) is 8.51. The zero-order valence-corrected chi connectivity index (χ0v) is 14.0. The van der Waals surface area contributed by atoms with Crippen LogP contribution in [0.25, 0.3) is 0 Å². The maximum atomic E-state index is 6.38. The van der Waals surface area contributed by atoms with E-state index in [1.165, 1.54) is 11.1 Å². The van der Waals surface area contributed by atoms with Gasteiger partial charge in [0.05, 0.1) is 0 Å². The third-order valence-corrected chi connectivity index (χ3v) is 4.55. The van der Waals surface area contributed by atoms with Crippen molar-refractivity contribution in [3.8, 4) is 0 Å². The largest absolute Gasteiger partial charge is 0.310 e. The third kappa shape index (κ3) is 4.32. The molecule has 2 rings (SSSR count). The Kier molecular flexibility index (Phi) is 5.89. The Morgan fingerprint density at radius 2 is 2.21 bits per heavy atom. The van der Waals surface area contributed by atoms with Crippen molar-refractivity contribution in [2.45, 2.75) is 25.8 Å². The van der Waals surface area contributed by atoms with Crippen LogP contribution in [0, 0.1) is 0 Å². The Morgan fingerprint density at radius 1 is 1.37 bits per heavy atom. The van der Waals surface area contributed by atoms with Gasteiger partial charge < -0.3 is 5.32 Å². The van der Waals surface area contributed by atoms with Crippen LogP contribution in [0.5, 0.6) is 0 Å². The number of halogens is 2. The van der Waals surface area contributed by atoms with Crippen molar-refractivity contribution < 1.29 is 0 Å². The lowest BCUT2D eigenvalue weighted by atomic mass is 10.0. The van der Waals surface area contributed by atoms with Gasteiger partial charge in [-0.05, 0) is 59.5 Å². The van der Waals surface area contributed by atoms with Crippen molar-refractivity contribution in [3.63, 3.8) is 0 Å². The maximum absolute atomic E-state index is 6.38. The van der Waals surface area contributed by atoms with E-state index >= 15 is 0 Å². The predicted molar refractivity (Wildman–Crippen MR) is 88.2 cm³/mol. The average Bonchev–Trinajstić information content (AvgIpc) is 2.88. The third-order valence-electron chi connectivity index (χ3n) is 3.00. The second-order valence-corrected chi connectivity index (χ2v) is 6.61. The Hall–Kier alpha value is -0.350. The molecule has 1 atom stereocenters. The van der Waals surface area contributed by atoms with Gasteiger partial charge in [-0.15, -0.1) is 0 Å². The first-order valence-electron chi connectivity index (χ1n) is 6.40. The SMILES string of the molecule is CCCNC(Cc1ccsc1)c1ccc(Br)cc1Cl. The van der Waals surface area contributed by atoms with Crippen molar-refractivity contribution >= 4 is 38.9 Å². The van der Waals surface area contributed by atoms with Gasteiger partial charge in [-0.1, -0.05) is 40.5 Å². The van der Waals surface area contributed by atoms with Gasteiger partial charge in [0.25, 0.3) is 0 Å². The Labute approximate surface area is 132 Å². The summed E-state index contributed by atoms with van der Waals surface area (Å²) in [4.78, 5) is 0. The van der Waals surface area contributed by atoms with E-state index in [1.807, 2.05) is 6.07 Å². The summed E-state index contributed by atoms with van der Waals surface area (Å²) in [7, 11) is 0. The predicted octanol–water partition coefficient (Wildman–Crippen LogP) is 5.45. The van der Waals surface area contributed by atoms with E-state index in [4.69, 9.17) is 11.6 Å². The summed E-state index contributed by atoms with van der Waals surface area (Å²) in [6.45, 7) is 3.18. The number of hydrogen-bond donors (Lipinski definition) is 1. The van der Waals surface area contributed by atoms with Crippen LogP contribution in [0.4, 0.5) is 0 Å². The molecule has 1 N–H and O–H groups in total. The lowest BCUT2D eigenvalue weighted by Gasteiger charge is -2.20. The molecule has 4 heteroatoms. The number of rotatable bonds is 6. The highest BCUT2D eigenvalue weighted by molar-refractivity contribution is 9.10. The van der Waals surface area contributed by atoms with Gasteiger partial charge in [0, 0.05) is 15.5 Å². The van der Waals surface area contributed by atoms with Crippen molar-refractivity contribution in [3.05, 3.63) is 55.6 Å². The van der Waals surface area contributed by atoms with Gasteiger partial charge in [-0.3, -0.25) is 0 Å². The van der Waals surface area contributed by atoms with E-state index in [1.54, 1.807) is 11.3 Å². The molecule has 1 aromatic carbocycles. The van der Waals surface area contributed by atoms with E-state index < -0.39 is 0 Å². The summed E-state index contributed by atoms with van der Waals surface area (Å²) in [6, 6.07) is 8.57. The monoisotopic (exact) mass is 357 g/mol. The maximum Gasteiger partial charge on any atom is 0.0465 e. The fourth-order valence-corrected chi connectivity index (χ4v) is 3.53. The molecule has 1 nitrogen and oxygen atoms in total. The molecule has 19 heavy (non-hydrogen) atoms. The number of thiophene rings is 1. The standard InChI is InChI=1S/C15H17BrClNS/c1-2-6-18-15(8-11-5-7-19-10-11)13-4-3-12(16)9-14(13)17/h3-5,7,9-10,15,18H,2,6,8H2,1H3. The molecular formula is C15H17BrClNS. The minimum atomic E-state index is 0.273. The number of benzene rings is 1. The van der Waals surface area contributed by atoms with Crippen molar-refractivity contribution in [1.82, 2.24) is 5.32 Å². The van der Waals surface area contributed by atoms with Crippen LogP contribution in [0.15, 0.2) is 39.5 Å². The summed E-state index contributed by atoms with van der Waals surface area (Å²) < 4.78 is 1.02. The highest BCUT2D eigenvalue weighted by Gasteiger charge is 2.15. The van der Waals surface area contributed by atoms with Crippen LogP contribution in [-0.2, 0) is 6.42 Å². The van der Waals surface area contributed by atoms with Gasteiger partial charge in [0.1, 0.15) is 0 Å². The van der Waals surface area contributed by atoms with Crippen LogP contribution in [0.3, 0.4) is 0 Å². The molecule has 1 aromatic heterocycles. The minimum Gasteiger partial charge on any atom is -0.310 e. The lowest BCUT2D eigenvalue weighted by Crippen LogP contribution is -2.24. The fourth-order valence-electron chi connectivity index (χ4n) is 2.04. The Morgan fingerprint density at radius 3 is 2.84 bits per heavy atom. The van der Waals surface area contributed by atoms with Crippen molar-refractivity contribution in [2.75, 3.05) is 6.54 Å². The summed E-state index contributed by atoms with van der Waals surface area (Å²) in [5.74, 6) is 0. The number of hydrogen-bond acceptors (Lipinski definition) is 2. The van der Waals surface area contributed by atoms with Crippen LogP contribution < -0.4 is 5.32 Å². The smallest absolute Gasteiger partial charge is 0.0465 e. The number of nitrogens with one attached hydrogen (secondary N) is 1. The summed E-state index contributed by atoms with van der Waals surface area (Å²) in [6.07, 6.45) is 2.10. The molecule has 0 bridgehead atoms. The van der Waals surface area contributed by atoms with Gasteiger partial charge in [0.2, 0.25) is 0 Å². The quantitative estimate of drug-likeness (QED) is 0.724. The van der Waals surface area contributed by atoms with Gasteiger partial charge >= 0.3 is 0 Å². The lowest BCUT2D eigenvalue weighted by molar-refractivity contribution is 0.530. The molecule has 1 unspecified atom stereocenters. The molecule has 0 aliphatic carbocycles. The molecule has 0 amide bonds. The van der Waals surface area contributed by atoms with Crippen LogP contribution in [-0.4, -0.2) is 6.54 Å². The minimum absolute atomic E-state index is 0.273. The highest BCUT2D eigenvalue weighted by atomic mass is 79.9. The second-order valence-electron chi connectivity index (χ2n) is 4.51. The summed E-state index contributed by atoms with van der Waals surface area (Å²) in [5, 5.41) is 8.73. The molecule has 0 aliphatic rings. The van der Waals surface area contributed by atoms with Gasteiger partial charge in [-0.25, -0.2) is 0 Å². The van der Waals surface area contributed by atoms with E-state index in [-0.39, 0.29) is 6.04 Å². The van der Waals surface area contributed by atoms with E-state index in [0.717, 1.165) is 28.9 Å². The average molecular weight is 359 g/mol. The normalized spacial score (nSPS) is 12.6. The zero-order valence-electron chi connectivity index (χ0n) is 10.8. The molecule has 0 spiro atoms. The molecule has 1 heterocycles. The molecule has 0 fully saturated rings. The summed E-state index contributed by atoms with van der Waals surface area (Å²) in [5.41, 5.74) is 2.53. The highest BCUT2D eigenvalue weighted by Crippen LogP contribution is 2.29. The Balaban J connectivity index is 2.20. The molecular weight excluding hydrogens is 342 g/mol. The fraction of sp³-hybridized carbons (Fsp3) is 0.333. The molecule has 0 radical (unpaired) electrons. The first-order chi connectivity index (χ1) is 9.20. The van der Waals surface area contributed by atoms with Crippen molar-refractivity contribution in [1.29, 1.82) is 0 Å². The summed E-state index contributed by atoms with van der Waals surface area (Å²) >= 11 is 11.6. The molecule has 102 valence electrons. The van der Waals surface area contributed by atoms with Crippen molar-refractivity contribution in [2.24, 2.45) is 0 Å². The van der Waals surface area contributed by atoms with Crippen LogP contribution in [0.2, 0.25) is 5.02 Å². The molecule has 0 saturated carbocycles. The molecule has 0 aliphatic heterocycles. The van der Waals surface area contributed by atoms with Crippen LogP contribution in [0.1, 0.15) is 30.5 Å². The van der Waals surface area contributed by atoms with Crippen LogP contribution >= 0.6 is 38.9 Å². The van der Waals surface area contributed by atoms with Gasteiger partial charge in [-0.2, -0.15) is 11.3 Å². The zero-order chi connectivity index (χ0) is 13.7.